The number of hydrogen-bond acceptors (Lipinski definition) is 1. The molecule has 2 rings (SSSR count). The maximum absolute atomic E-state index is 3.81. The lowest BCUT2D eigenvalue weighted by Gasteiger charge is -2.38. The summed E-state index contributed by atoms with van der Waals surface area (Å²) in [6, 6.07) is 9.52. The van der Waals surface area contributed by atoms with E-state index >= 15 is 0 Å². The highest BCUT2D eigenvalue weighted by atomic mass is 14.9. The Labute approximate surface area is 118 Å². The molecule has 106 valence electrons. The molecule has 1 unspecified atom stereocenters. The molecular formula is C18H29N. The normalized spacial score (nSPS) is 22.1. The maximum Gasteiger partial charge on any atom is 0.0323 e. The molecule has 0 spiro atoms. The Morgan fingerprint density at radius 1 is 1.26 bits per heavy atom. The number of nitrogens with one attached hydrogen (secondary N) is 1. The van der Waals surface area contributed by atoms with Gasteiger partial charge in [0.15, 0.2) is 0 Å². The van der Waals surface area contributed by atoms with Gasteiger partial charge in [0.1, 0.15) is 0 Å². The highest BCUT2D eigenvalue weighted by molar-refractivity contribution is 5.38. The van der Waals surface area contributed by atoms with Gasteiger partial charge in [-0.2, -0.15) is 0 Å². The van der Waals surface area contributed by atoms with Crippen molar-refractivity contribution in [2.75, 3.05) is 6.54 Å². The van der Waals surface area contributed by atoms with Gasteiger partial charge in [0.25, 0.3) is 0 Å². The summed E-state index contributed by atoms with van der Waals surface area (Å²) in [5.74, 6) is 0. The summed E-state index contributed by atoms with van der Waals surface area (Å²) in [6.07, 6.45) is 3.75. The van der Waals surface area contributed by atoms with E-state index in [4.69, 9.17) is 0 Å². The first-order valence-electron chi connectivity index (χ1n) is 7.68. The van der Waals surface area contributed by atoms with E-state index in [2.05, 4.69) is 64.2 Å². The Morgan fingerprint density at radius 2 is 1.95 bits per heavy atom. The summed E-state index contributed by atoms with van der Waals surface area (Å²) < 4.78 is 0. The standard InChI is InChI=1S/C18H29N/c1-6-17(2,3)13-19-16-11-12-18(4,5)15-10-8-7-9-14(15)16/h7-10,16,19H,6,11-13H2,1-5H3. The molecule has 1 aliphatic carbocycles. The number of benzene rings is 1. The van der Waals surface area contributed by atoms with Crippen LogP contribution in [0.25, 0.3) is 0 Å². The lowest BCUT2D eigenvalue weighted by atomic mass is 9.71. The van der Waals surface area contributed by atoms with Crippen LogP contribution in [0.5, 0.6) is 0 Å². The third-order valence-electron chi connectivity index (χ3n) is 4.91. The predicted octanol–water partition coefficient (Wildman–Crippen LogP) is 4.82. The van der Waals surface area contributed by atoms with E-state index in [0.29, 0.717) is 16.9 Å². The van der Waals surface area contributed by atoms with Crippen molar-refractivity contribution in [3.8, 4) is 0 Å². The minimum absolute atomic E-state index is 0.328. The molecular weight excluding hydrogens is 230 g/mol. The van der Waals surface area contributed by atoms with Gasteiger partial charge in [-0.05, 0) is 41.2 Å². The van der Waals surface area contributed by atoms with Crippen molar-refractivity contribution in [1.29, 1.82) is 0 Å². The molecule has 0 heterocycles. The number of rotatable bonds is 4. The Morgan fingerprint density at radius 3 is 2.63 bits per heavy atom. The maximum atomic E-state index is 3.81. The molecule has 1 aromatic carbocycles. The van der Waals surface area contributed by atoms with Gasteiger partial charge in [0.05, 0.1) is 0 Å². The van der Waals surface area contributed by atoms with Crippen LogP contribution in [0.15, 0.2) is 24.3 Å². The van der Waals surface area contributed by atoms with Gasteiger partial charge in [0.2, 0.25) is 0 Å². The van der Waals surface area contributed by atoms with E-state index in [1.807, 2.05) is 0 Å². The third kappa shape index (κ3) is 3.20. The van der Waals surface area contributed by atoms with Crippen molar-refractivity contribution >= 4 is 0 Å². The third-order valence-corrected chi connectivity index (χ3v) is 4.91. The summed E-state index contributed by atoms with van der Waals surface area (Å²) in [4.78, 5) is 0. The molecule has 0 bridgehead atoms. The van der Waals surface area contributed by atoms with Crippen molar-refractivity contribution in [2.45, 2.75) is 65.3 Å². The first-order chi connectivity index (χ1) is 8.86. The predicted molar refractivity (Wildman–Crippen MR) is 83.5 cm³/mol. The lowest BCUT2D eigenvalue weighted by molar-refractivity contribution is 0.283. The highest BCUT2D eigenvalue weighted by Crippen LogP contribution is 2.41. The van der Waals surface area contributed by atoms with Crippen LogP contribution in [0.1, 0.15) is 71.0 Å². The average molecular weight is 259 g/mol. The molecule has 0 radical (unpaired) electrons. The Hall–Kier alpha value is -0.820. The van der Waals surface area contributed by atoms with Gasteiger partial charge in [0, 0.05) is 12.6 Å². The van der Waals surface area contributed by atoms with E-state index < -0.39 is 0 Å². The van der Waals surface area contributed by atoms with E-state index in [0.717, 1.165) is 6.54 Å². The summed E-state index contributed by atoms with van der Waals surface area (Å²) in [5.41, 5.74) is 3.77. The Balaban J connectivity index is 2.17. The van der Waals surface area contributed by atoms with Crippen molar-refractivity contribution < 1.29 is 0 Å². The van der Waals surface area contributed by atoms with Crippen LogP contribution >= 0.6 is 0 Å². The van der Waals surface area contributed by atoms with Crippen LogP contribution in [-0.2, 0) is 5.41 Å². The zero-order chi connectivity index (χ0) is 14.1. The van der Waals surface area contributed by atoms with Crippen molar-refractivity contribution in [3.05, 3.63) is 35.4 Å². The van der Waals surface area contributed by atoms with Crippen molar-refractivity contribution in [3.63, 3.8) is 0 Å². The van der Waals surface area contributed by atoms with Gasteiger partial charge < -0.3 is 5.32 Å². The fourth-order valence-corrected chi connectivity index (χ4v) is 2.95. The molecule has 19 heavy (non-hydrogen) atoms. The van der Waals surface area contributed by atoms with Gasteiger partial charge in [-0.15, -0.1) is 0 Å². The smallest absolute Gasteiger partial charge is 0.0323 e. The van der Waals surface area contributed by atoms with E-state index in [1.165, 1.54) is 30.4 Å². The molecule has 1 nitrogen and oxygen atoms in total. The number of fused-ring (bicyclic) bond motifs is 1. The van der Waals surface area contributed by atoms with Crippen LogP contribution in [0.2, 0.25) is 0 Å². The number of hydrogen-bond donors (Lipinski definition) is 1. The van der Waals surface area contributed by atoms with E-state index in [9.17, 15) is 0 Å². The summed E-state index contributed by atoms with van der Waals surface area (Å²) >= 11 is 0. The minimum atomic E-state index is 0.328. The van der Waals surface area contributed by atoms with Crippen LogP contribution in [0, 0.1) is 5.41 Å². The highest BCUT2D eigenvalue weighted by Gasteiger charge is 2.32. The van der Waals surface area contributed by atoms with Crippen LogP contribution in [0.4, 0.5) is 0 Å². The summed E-state index contributed by atoms with van der Waals surface area (Å²) in [7, 11) is 0. The second-order valence-electron chi connectivity index (χ2n) is 7.46. The summed E-state index contributed by atoms with van der Waals surface area (Å²) in [5, 5.41) is 3.81. The monoisotopic (exact) mass is 259 g/mol. The molecule has 0 aromatic heterocycles. The van der Waals surface area contributed by atoms with E-state index in [1.54, 1.807) is 0 Å². The topological polar surface area (TPSA) is 12.0 Å². The van der Waals surface area contributed by atoms with Crippen LogP contribution in [-0.4, -0.2) is 6.54 Å². The van der Waals surface area contributed by atoms with Gasteiger partial charge in [-0.25, -0.2) is 0 Å². The second kappa shape index (κ2) is 5.28. The molecule has 0 aliphatic heterocycles. The Bertz CT molecular complexity index is 431. The molecule has 1 N–H and O–H groups in total. The first-order valence-corrected chi connectivity index (χ1v) is 7.68. The molecule has 1 aromatic rings. The zero-order valence-electron chi connectivity index (χ0n) is 13.2. The largest absolute Gasteiger partial charge is 0.309 e. The second-order valence-corrected chi connectivity index (χ2v) is 7.46. The van der Waals surface area contributed by atoms with Crippen LogP contribution < -0.4 is 5.32 Å². The van der Waals surface area contributed by atoms with E-state index in [-0.39, 0.29) is 0 Å². The fraction of sp³-hybridized carbons (Fsp3) is 0.667. The molecule has 1 heteroatoms. The zero-order valence-corrected chi connectivity index (χ0v) is 13.2. The van der Waals surface area contributed by atoms with Crippen LogP contribution in [0.3, 0.4) is 0 Å². The molecule has 1 atom stereocenters. The SMILES string of the molecule is CCC(C)(C)CNC1CCC(C)(C)c2ccccc21. The lowest BCUT2D eigenvalue weighted by Crippen LogP contribution is -2.37. The molecule has 0 fully saturated rings. The summed E-state index contributed by atoms with van der Waals surface area (Å²) in [6.45, 7) is 12.8. The molecule has 1 aliphatic rings. The molecule has 0 amide bonds. The van der Waals surface area contributed by atoms with Gasteiger partial charge in [-0.3, -0.25) is 0 Å². The molecule has 0 saturated carbocycles. The first kappa shape index (κ1) is 14.6. The molecule has 0 saturated heterocycles. The van der Waals surface area contributed by atoms with Crippen molar-refractivity contribution in [2.24, 2.45) is 5.41 Å². The quantitative estimate of drug-likeness (QED) is 0.817. The minimum Gasteiger partial charge on any atom is -0.309 e. The van der Waals surface area contributed by atoms with Gasteiger partial charge in [-0.1, -0.05) is 58.9 Å². The van der Waals surface area contributed by atoms with Crippen molar-refractivity contribution in [1.82, 2.24) is 5.32 Å². The van der Waals surface area contributed by atoms with Gasteiger partial charge >= 0.3 is 0 Å². The average Bonchev–Trinajstić information content (AvgIpc) is 2.38. The Kier molecular flexibility index (Phi) is 4.06. The fourth-order valence-electron chi connectivity index (χ4n) is 2.95.